The number of ether oxygens (including phenoxy) is 2. The Labute approximate surface area is 163 Å². The van der Waals surface area contributed by atoms with Gasteiger partial charge in [-0.05, 0) is 25.7 Å². The number of amides is 4. The van der Waals surface area contributed by atoms with Crippen molar-refractivity contribution >= 4 is 29.8 Å². The Hall–Kier alpha value is -2.65. The minimum Gasteiger partial charge on any atom is -0.469 e. The smallest absolute Gasteiger partial charge is 0.326 e. The zero-order valence-electron chi connectivity index (χ0n) is 16.5. The van der Waals surface area contributed by atoms with E-state index in [1.54, 1.807) is 13.8 Å². The molecule has 28 heavy (non-hydrogen) atoms. The highest BCUT2D eigenvalue weighted by molar-refractivity contribution is 6.08. The van der Waals surface area contributed by atoms with Crippen molar-refractivity contribution in [1.82, 2.24) is 15.1 Å². The van der Waals surface area contributed by atoms with Gasteiger partial charge < -0.3 is 19.7 Å². The van der Waals surface area contributed by atoms with Crippen LogP contribution in [0.3, 0.4) is 0 Å². The Morgan fingerprint density at radius 3 is 2.25 bits per heavy atom. The van der Waals surface area contributed by atoms with E-state index in [2.05, 4.69) is 5.32 Å². The molecule has 4 amide bonds. The number of methoxy groups -OCH3 is 1. The molecule has 156 valence electrons. The Bertz CT molecular complexity index is 652. The zero-order valence-corrected chi connectivity index (χ0v) is 16.5. The molecule has 2 aliphatic heterocycles. The lowest BCUT2D eigenvalue weighted by Crippen LogP contribution is -2.46. The molecule has 0 saturated carbocycles. The number of nitrogens with one attached hydrogen (secondary N) is 1. The third-order valence-corrected chi connectivity index (χ3v) is 5.48. The summed E-state index contributed by atoms with van der Waals surface area (Å²) in [6.45, 7) is 3.30. The van der Waals surface area contributed by atoms with Crippen LogP contribution in [0.1, 0.15) is 39.5 Å². The van der Waals surface area contributed by atoms with E-state index >= 15 is 0 Å². The van der Waals surface area contributed by atoms with E-state index in [0.717, 1.165) is 4.90 Å². The van der Waals surface area contributed by atoms with Gasteiger partial charge in [0, 0.05) is 13.1 Å². The second kappa shape index (κ2) is 9.03. The van der Waals surface area contributed by atoms with E-state index in [4.69, 9.17) is 9.47 Å². The fourth-order valence-electron chi connectivity index (χ4n) is 3.49. The molecule has 0 aromatic carbocycles. The van der Waals surface area contributed by atoms with Gasteiger partial charge >= 0.3 is 18.0 Å². The van der Waals surface area contributed by atoms with Crippen molar-refractivity contribution in [3.63, 3.8) is 0 Å². The topological polar surface area (TPSA) is 122 Å². The van der Waals surface area contributed by atoms with Gasteiger partial charge in [0.2, 0.25) is 0 Å². The summed E-state index contributed by atoms with van der Waals surface area (Å²) in [5.41, 5.74) is -0.989. The summed E-state index contributed by atoms with van der Waals surface area (Å²) in [5.74, 6) is -2.19. The van der Waals surface area contributed by atoms with Crippen molar-refractivity contribution in [2.45, 2.75) is 45.1 Å². The van der Waals surface area contributed by atoms with Gasteiger partial charge in [0.25, 0.3) is 11.8 Å². The number of hydrogen-bond donors (Lipinski definition) is 1. The van der Waals surface area contributed by atoms with Gasteiger partial charge in [-0.1, -0.05) is 13.8 Å². The maximum absolute atomic E-state index is 12.5. The van der Waals surface area contributed by atoms with Crippen molar-refractivity contribution in [1.29, 1.82) is 0 Å². The van der Waals surface area contributed by atoms with E-state index in [9.17, 15) is 24.0 Å². The number of nitrogens with zero attached hydrogens (tertiary/aromatic N) is 2. The Balaban J connectivity index is 1.80. The predicted molar refractivity (Wildman–Crippen MR) is 95.8 cm³/mol. The fraction of sp³-hybridized carbons (Fsp3) is 0.722. The Morgan fingerprint density at radius 2 is 1.75 bits per heavy atom. The lowest BCUT2D eigenvalue weighted by molar-refractivity contribution is -0.155. The standard InChI is InChI=1S/C18H27N3O7/c1-4-18(5-2)16(25)21(17(26)19-18)10-14(23)28-11-13(22)20-8-6-12(7-9-20)15(24)27-3/h12H,4-11H2,1-3H3,(H,19,26). The SMILES string of the molecule is CCC1(CC)NC(=O)N(CC(=O)OCC(=O)N2CCC(C(=O)OC)CC2)C1=O. The van der Waals surface area contributed by atoms with Crippen LogP contribution in [-0.2, 0) is 28.7 Å². The van der Waals surface area contributed by atoms with Crippen LogP contribution in [0.15, 0.2) is 0 Å². The minimum atomic E-state index is -0.989. The molecular formula is C18H27N3O7. The number of hydrogen-bond acceptors (Lipinski definition) is 7. The van der Waals surface area contributed by atoms with Gasteiger partial charge in [0.05, 0.1) is 13.0 Å². The first-order valence-electron chi connectivity index (χ1n) is 9.43. The van der Waals surface area contributed by atoms with Crippen LogP contribution in [0, 0.1) is 5.92 Å². The Kier molecular flexibility index (Phi) is 6.98. The number of carbonyl (C=O) groups is 5. The molecule has 2 rings (SSSR count). The molecule has 2 fully saturated rings. The lowest BCUT2D eigenvalue weighted by Gasteiger charge is -2.30. The van der Waals surface area contributed by atoms with Crippen LogP contribution >= 0.6 is 0 Å². The average Bonchev–Trinajstić information content (AvgIpc) is 2.96. The minimum absolute atomic E-state index is 0.228. The first-order chi connectivity index (χ1) is 13.3. The molecule has 10 heteroatoms. The monoisotopic (exact) mass is 397 g/mol. The van der Waals surface area contributed by atoms with Gasteiger partial charge in [-0.3, -0.25) is 24.1 Å². The quantitative estimate of drug-likeness (QED) is 0.476. The molecule has 2 saturated heterocycles. The molecule has 0 radical (unpaired) electrons. The largest absolute Gasteiger partial charge is 0.469 e. The van der Waals surface area contributed by atoms with E-state index in [0.29, 0.717) is 38.8 Å². The van der Waals surface area contributed by atoms with Crippen molar-refractivity contribution in [3.8, 4) is 0 Å². The number of imide groups is 1. The van der Waals surface area contributed by atoms with E-state index < -0.39 is 36.6 Å². The van der Waals surface area contributed by atoms with Crippen LogP contribution < -0.4 is 5.32 Å². The maximum atomic E-state index is 12.5. The van der Waals surface area contributed by atoms with E-state index in [1.807, 2.05) is 0 Å². The summed E-state index contributed by atoms with van der Waals surface area (Å²) in [5, 5.41) is 2.62. The second-order valence-electron chi connectivity index (χ2n) is 6.95. The second-order valence-corrected chi connectivity index (χ2v) is 6.95. The average molecular weight is 397 g/mol. The summed E-state index contributed by atoms with van der Waals surface area (Å²) in [6, 6.07) is -0.637. The molecule has 0 unspecified atom stereocenters. The summed E-state index contributed by atoms with van der Waals surface area (Å²) in [7, 11) is 1.33. The van der Waals surface area contributed by atoms with Crippen molar-refractivity contribution < 1.29 is 33.4 Å². The van der Waals surface area contributed by atoms with Crippen LogP contribution in [0.5, 0.6) is 0 Å². The Morgan fingerprint density at radius 1 is 1.14 bits per heavy atom. The van der Waals surface area contributed by atoms with Crippen LogP contribution in [0.4, 0.5) is 4.79 Å². The van der Waals surface area contributed by atoms with E-state index in [1.165, 1.54) is 12.0 Å². The number of likely N-dealkylation sites (tertiary alicyclic amines) is 1. The molecular weight excluding hydrogens is 370 g/mol. The lowest BCUT2D eigenvalue weighted by atomic mass is 9.93. The van der Waals surface area contributed by atoms with Gasteiger partial charge in [-0.15, -0.1) is 0 Å². The predicted octanol–water partition coefficient (Wildman–Crippen LogP) is 0.0518. The summed E-state index contributed by atoms with van der Waals surface area (Å²) >= 11 is 0. The van der Waals surface area contributed by atoms with Crippen molar-refractivity contribution in [2.75, 3.05) is 33.4 Å². The molecule has 0 atom stereocenters. The summed E-state index contributed by atoms with van der Waals surface area (Å²) in [6.07, 6.45) is 1.81. The number of urea groups is 1. The molecule has 0 aliphatic carbocycles. The molecule has 1 N–H and O–H groups in total. The highest BCUT2D eigenvalue weighted by Gasteiger charge is 2.49. The van der Waals surface area contributed by atoms with Gasteiger partial charge in [0.15, 0.2) is 6.61 Å². The molecule has 0 spiro atoms. The summed E-state index contributed by atoms with van der Waals surface area (Å²) < 4.78 is 9.65. The molecule has 2 aliphatic rings. The molecule has 0 bridgehead atoms. The normalized spacial score (nSPS) is 19.4. The molecule has 10 nitrogen and oxygen atoms in total. The highest BCUT2D eigenvalue weighted by Crippen LogP contribution is 2.24. The van der Waals surface area contributed by atoms with Crippen LogP contribution in [0.2, 0.25) is 0 Å². The fourth-order valence-corrected chi connectivity index (χ4v) is 3.49. The first-order valence-corrected chi connectivity index (χ1v) is 9.43. The van der Waals surface area contributed by atoms with Gasteiger partial charge in [-0.2, -0.15) is 0 Å². The highest BCUT2D eigenvalue weighted by atomic mass is 16.5. The number of esters is 2. The van der Waals surface area contributed by atoms with E-state index in [-0.39, 0.29) is 17.8 Å². The van der Waals surface area contributed by atoms with Crippen molar-refractivity contribution in [2.24, 2.45) is 5.92 Å². The number of rotatable bonds is 7. The van der Waals surface area contributed by atoms with Crippen LogP contribution in [0.25, 0.3) is 0 Å². The molecule has 0 aromatic rings. The first kappa shape index (κ1) is 21.6. The maximum Gasteiger partial charge on any atom is 0.326 e. The van der Waals surface area contributed by atoms with Crippen LogP contribution in [-0.4, -0.2) is 78.5 Å². The van der Waals surface area contributed by atoms with Crippen molar-refractivity contribution in [3.05, 3.63) is 0 Å². The van der Waals surface area contributed by atoms with Gasteiger partial charge in [0.1, 0.15) is 12.1 Å². The number of piperidine rings is 1. The van der Waals surface area contributed by atoms with Gasteiger partial charge in [-0.25, -0.2) is 4.79 Å². The third kappa shape index (κ3) is 4.42. The zero-order chi connectivity index (χ0) is 20.9. The molecule has 2 heterocycles. The third-order valence-electron chi connectivity index (χ3n) is 5.48. The molecule has 0 aromatic heterocycles. The summed E-state index contributed by atoms with van der Waals surface area (Å²) in [4.78, 5) is 62.5. The number of carbonyl (C=O) groups excluding carboxylic acids is 5.